The van der Waals surface area contributed by atoms with Crippen LogP contribution in [0.3, 0.4) is 0 Å². The second-order valence-corrected chi connectivity index (χ2v) is 6.49. The van der Waals surface area contributed by atoms with Gasteiger partial charge < -0.3 is 9.73 Å². The molecule has 1 N–H and O–H groups in total. The first kappa shape index (κ1) is 15.5. The number of hydrogen-bond donors (Lipinski definition) is 1. The Labute approximate surface area is 147 Å². The van der Waals surface area contributed by atoms with Crippen LogP contribution in [0, 0.1) is 0 Å². The Morgan fingerprint density at radius 2 is 1.68 bits per heavy atom. The quantitative estimate of drug-likeness (QED) is 0.535. The summed E-state index contributed by atoms with van der Waals surface area (Å²) in [6, 6.07) is 17.4. The predicted molar refractivity (Wildman–Crippen MR) is 95.6 cm³/mol. The summed E-state index contributed by atoms with van der Waals surface area (Å²) < 4.78 is 6.89. The molecule has 22 heavy (non-hydrogen) atoms. The van der Waals surface area contributed by atoms with E-state index in [1.54, 1.807) is 12.1 Å². The smallest absolute Gasteiger partial charge is 0.134 e. The van der Waals surface area contributed by atoms with E-state index in [1.807, 2.05) is 42.5 Å². The number of anilines is 1. The summed E-state index contributed by atoms with van der Waals surface area (Å²) in [4.78, 5) is 0. The van der Waals surface area contributed by atoms with Crippen LogP contribution in [0.1, 0.15) is 5.76 Å². The van der Waals surface area contributed by atoms with Crippen LogP contribution in [0.15, 0.2) is 63.5 Å². The van der Waals surface area contributed by atoms with Gasteiger partial charge in [0.1, 0.15) is 11.5 Å². The number of benzene rings is 2. The molecule has 0 aliphatic carbocycles. The fourth-order valence-corrected chi connectivity index (χ4v) is 2.60. The van der Waals surface area contributed by atoms with Gasteiger partial charge in [-0.2, -0.15) is 0 Å². The highest BCUT2D eigenvalue weighted by Gasteiger charge is 2.05. The topological polar surface area (TPSA) is 25.2 Å². The van der Waals surface area contributed by atoms with Gasteiger partial charge in [-0.15, -0.1) is 0 Å². The van der Waals surface area contributed by atoms with Crippen molar-refractivity contribution < 1.29 is 4.42 Å². The van der Waals surface area contributed by atoms with Crippen LogP contribution in [-0.2, 0) is 6.54 Å². The zero-order valence-corrected chi connectivity index (χ0v) is 14.5. The standard InChI is InChI=1S/C17H12BrCl2NO/c18-12-3-1-11(2-4-12)17-8-6-14(22-17)10-21-13-5-7-15(19)16(20)9-13/h1-9,21H,10H2. The molecule has 0 spiro atoms. The third-order valence-corrected chi connectivity index (χ3v) is 4.44. The summed E-state index contributed by atoms with van der Waals surface area (Å²) in [7, 11) is 0. The molecule has 3 rings (SSSR count). The van der Waals surface area contributed by atoms with Crippen molar-refractivity contribution in [1.29, 1.82) is 0 Å². The molecule has 3 aromatic rings. The Bertz CT molecular complexity index is 784. The maximum absolute atomic E-state index is 5.99. The van der Waals surface area contributed by atoms with Gasteiger partial charge in [-0.1, -0.05) is 51.3 Å². The third-order valence-electron chi connectivity index (χ3n) is 3.18. The molecule has 0 radical (unpaired) electrons. The van der Waals surface area contributed by atoms with E-state index in [-0.39, 0.29) is 0 Å². The minimum Gasteiger partial charge on any atom is -0.459 e. The highest BCUT2D eigenvalue weighted by Crippen LogP contribution is 2.27. The van der Waals surface area contributed by atoms with E-state index < -0.39 is 0 Å². The van der Waals surface area contributed by atoms with Crippen LogP contribution in [-0.4, -0.2) is 0 Å². The number of hydrogen-bond acceptors (Lipinski definition) is 2. The van der Waals surface area contributed by atoms with Gasteiger partial charge in [0.05, 0.1) is 16.6 Å². The first-order chi connectivity index (χ1) is 10.6. The second-order valence-electron chi connectivity index (χ2n) is 4.76. The van der Waals surface area contributed by atoms with Crippen LogP contribution in [0.2, 0.25) is 10.0 Å². The van der Waals surface area contributed by atoms with Crippen molar-refractivity contribution in [1.82, 2.24) is 0 Å². The highest BCUT2D eigenvalue weighted by molar-refractivity contribution is 9.10. The maximum atomic E-state index is 5.99. The first-order valence-corrected chi connectivity index (χ1v) is 8.20. The molecule has 0 unspecified atom stereocenters. The van der Waals surface area contributed by atoms with Crippen LogP contribution in [0.25, 0.3) is 11.3 Å². The largest absolute Gasteiger partial charge is 0.459 e. The first-order valence-electron chi connectivity index (χ1n) is 6.65. The fourth-order valence-electron chi connectivity index (χ4n) is 2.04. The van der Waals surface area contributed by atoms with Gasteiger partial charge in [-0.25, -0.2) is 0 Å². The summed E-state index contributed by atoms with van der Waals surface area (Å²) in [5.74, 6) is 1.70. The average Bonchev–Trinajstić information content (AvgIpc) is 2.98. The predicted octanol–water partition coefficient (Wildman–Crippen LogP) is 6.63. The van der Waals surface area contributed by atoms with Gasteiger partial charge in [-0.3, -0.25) is 0 Å². The SMILES string of the molecule is Clc1ccc(NCc2ccc(-c3ccc(Br)cc3)o2)cc1Cl. The van der Waals surface area contributed by atoms with Crippen molar-refractivity contribution in [2.24, 2.45) is 0 Å². The molecule has 1 heterocycles. The fraction of sp³-hybridized carbons (Fsp3) is 0.0588. The van der Waals surface area contributed by atoms with Crippen LogP contribution < -0.4 is 5.32 Å². The van der Waals surface area contributed by atoms with E-state index in [9.17, 15) is 0 Å². The van der Waals surface area contributed by atoms with E-state index in [2.05, 4.69) is 21.2 Å². The molecule has 2 nitrogen and oxygen atoms in total. The second kappa shape index (κ2) is 6.78. The van der Waals surface area contributed by atoms with Crippen molar-refractivity contribution in [3.63, 3.8) is 0 Å². The molecule has 0 saturated carbocycles. The molecule has 0 bridgehead atoms. The molecule has 5 heteroatoms. The highest BCUT2D eigenvalue weighted by atomic mass is 79.9. The molecule has 0 saturated heterocycles. The Kier molecular flexibility index (Phi) is 4.77. The van der Waals surface area contributed by atoms with E-state index >= 15 is 0 Å². The van der Waals surface area contributed by atoms with Gasteiger partial charge in [0, 0.05) is 15.7 Å². The molecule has 0 aliphatic rings. The summed E-state index contributed by atoms with van der Waals surface area (Å²) in [6.07, 6.45) is 0. The minimum absolute atomic E-state index is 0.529. The zero-order valence-electron chi connectivity index (χ0n) is 11.4. The molecule has 0 atom stereocenters. The number of furan rings is 1. The van der Waals surface area contributed by atoms with Crippen LogP contribution >= 0.6 is 39.1 Å². The lowest BCUT2D eigenvalue weighted by Crippen LogP contribution is -1.97. The maximum Gasteiger partial charge on any atom is 0.134 e. The Morgan fingerprint density at radius 3 is 2.41 bits per heavy atom. The lowest BCUT2D eigenvalue weighted by molar-refractivity contribution is 0.531. The Balaban J connectivity index is 1.69. The normalized spacial score (nSPS) is 10.7. The van der Waals surface area contributed by atoms with Gasteiger partial charge in [-0.05, 0) is 42.5 Å². The average molecular weight is 397 g/mol. The molecular formula is C17H12BrCl2NO. The number of rotatable bonds is 4. The molecule has 1 aromatic heterocycles. The van der Waals surface area contributed by atoms with E-state index in [1.165, 1.54) is 0 Å². The van der Waals surface area contributed by atoms with Crippen LogP contribution in [0.4, 0.5) is 5.69 Å². The van der Waals surface area contributed by atoms with Crippen molar-refractivity contribution >= 4 is 44.8 Å². The van der Waals surface area contributed by atoms with Crippen molar-refractivity contribution in [3.05, 3.63) is 74.9 Å². The molecular weight excluding hydrogens is 385 g/mol. The van der Waals surface area contributed by atoms with E-state index in [0.717, 1.165) is 27.2 Å². The Hall–Kier alpha value is -1.42. The number of halogens is 3. The zero-order chi connectivity index (χ0) is 15.5. The van der Waals surface area contributed by atoms with Crippen molar-refractivity contribution in [3.8, 4) is 11.3 Å². The molecule has 0 aliphatic heterocycles. The molecule has 2 aromatic carbocycles. The number of nitrogens with one attached hydrogen (secondary N) is 1. The van der Waals surface area contributed by atoms with E-state index in [0.29, 0.717) is 16.6 Å². The minimum atomic E-state index is 0.529. The Morgan fingerprint density at radius 1 is 0.909 bits per heavy atom. The summed E-state index contributed by atoms with van der Waals surface area (Å²) in [5.41, 5.74) is 1.94. The summed E-state index contributed by atoms with van der Waals surface area (Å²) in [5, 5.41) is 4.33. The lowest BCUT2D eigenvalue weighted by Gasteiger charge is -2.05. The molecule has 0 fully saturated rings. The van der Waals surface area contributed by atoms with Gasteiger partial charge >= 0.3 is 0 Å². The summed E-state index contributed by atoms with van der Waals surface area (Å²) in [6.45, 7) is 0.578. The van der Waals surface area contributed by atoms with E-state index in [4.69, 9.17) is 27.6 Å². The van der Waals surface area contributed by atoms with Crippen molar-refractivity contribution in [2.45, 2.75) is 6.54 Å². The molecule has 0 amide bonds. The van der Waals surface area contributed by atoms with Gasteiger partial charge in [0.2, 0.25) is 0 Å². The van der Waals surface area contributed by atoms with Crippen molar-refractivity contribution in [2.75, 3.05) is 5.32 Å². The summed E-state index contributed by atoms with van der Waals surface area (Å²) >= 11 is 15.3. The van der Waals surface area contributed by atoms with Gasteiger partial charge in [0.15, 0.2) is 0 Å². The monoisotopic (exact) mass is 395 g/mol. The van der Waals surface area contributed by atoms with Gasteiger partial charge in [0.25, 0.3) is 0 Å². The molecule has 112 valence electrons. The third kappa shape index (κ3) is 3.67. The lowest BCUT2D eigenvalue weighted by atomic mass is 10.2. The van der Waals surface area contributed by atoms with Crippen LogP contribution in [0.5, 0.6) is 0 Å².